The van der Waals surface area contributed by atoms with Gasteiger partial charge in [0.1, 0.15) is 0 Å². The number of hydrogen-bond donors (Lipinski definition) is 3. The van der Waals surface area contributed by atoms with Crippen LogP contribution in [0.1, 0.15) is 20.3 Å². The number of nitrogens with two attached hydrogens (primary N) is 1. The van der Waals surface area contributed by atoms with Crippen molar-refractivity contribution < 1.29 is 9.59 Å². The Morgan fingerprint density at radius 1 is 1.35 bits per heavy atom. The summed E-state index contributed by atoms with van der Waals surface area (Å²) in [5.74, 6) is 0.0813. The van der Waals surface area contributed by atoms with Gasteiger partial charge in [-0.05, 0) is 38.1 Å². The van der Waals surface area contributed by atoms with E-state index in [0.29, 0.717) is 24.3 Å². The van der Waals surface area contributed by atoms with Crippen LogP contribution in [0.3, 0.4) is 0 Å². The van der Waals surface area contributed by atoms with Crippen LogP contribution >= 0.6 is 0 Å². The SMILES string of the molecule is CC(C)N1CC(NC(=O)Nc2ccc(N)cc2)CC1=O. The third-order valence-electron chi connectivity index (χ3n) is 3.29. The summed E-state index contributed by atoms with van der Waals surface area (Å²) in [6, 6.07) is 6.61. The largest absolute Gasteiger partial charge is 0.399 e. The van der Waals surface area contributed by atoms with Gasteiger partial charge in [0.15, 0.2) is 0 Å². The highest BCUT2D eigenvalue weighted by molar-refractivity contribution is 5.90. The Hall–Kier alpha value is -2.24. The number of urea groups is 1. The van der Waals surface area contributed by atoms with Crippen molar-refractivity contribution in [2.45, 2.75) is 32.4 Å². The van der Waals surface area contributed by atoms with Crippen LogP contribution in [0.25, 0.3) is 0 Å². The highest BCUT2D eigenvalue weighted by atomic mass is 16.2. The van der Waals surface area contributed by atoms with Crippen molar-refractivity contribution in [3.05, 3.63) is 24.3 Å². The van der Waals surface area contributed by atoms with Crippen molar-refractivity contribution in [1.82, 2.24) is 10.2 Å². The summed E-state index contributed by atoms with van der Waals surface area (Å²) >= 11 is 0. The fraction of sp³-hybridized carbons (Fsp3) is 0.429. The van der Waals surface area contributed by atoms with Gasteiger partial charge in [0, 0.05) is 30.4 Å². The lowest BCUT2D eigenvalue weighted by Gasteiger charge is -2.21. The first-order chi connectivity index (χ1) is 9.45. The van der Waals surface area contributed by atoms with Gasteiger partial charge >= 0.3 is 6.03 Å². The summed E-state index contributed by atoms with van der Waals surface area (Å²) < 4.78 is 0. The Labute approximate surface area is 118 Å². The van der Waals surface area contributed by atoms with Crippen molar-refractivity contribution in [1.29, 1.82) is 0 Å². The minimum absolute atomic E-state index is 0.0813. The molecular formula is C14H20N4O2. The molecule has 3 amide bonds. The summed E-state index contributed by atoms with van der Waals surface area (Å²) in [5.41, 5.74) is 6.89. The van der Waals surface area contributed by atoms with E-state index in [2.05, 4.69) is 10.6 Å². The Balaban J connectivity index is 1.86. The predicted molar refractivity (Wildman–Crippen MR) is 78.3 cm³/mol. The number of nitrogen functional groups attached to an aromatic ring is 1. The molecule has 2 rings (SSSR count). The van der Waals surface area contributed by atoms with Crippen molar-refractivity contribution in [2.24, 2.45) is 0 Å². The molecule has 0 radical (unpaired) electrons. The summed E-state index contributed by atoms with van der Waals surface area (Å²) in [5, 5.41) is 5.53. The van der Waals surface area contributed by atoms with Crippen LogP contribution in [0, 0.1) is 0 Å². The molecule has 1 fully saturated rings. The van der Waals surface area contributed by atoms with Crippen LogP contribution in [0.4, 0.5) is 16.2 Å². The fourth-order valence-electron chi connectivity index (χ4n) is 2.25. The van der Waals surface area contributed by atoms with Crippen molar-refractivity contribution in [3.63, 3.8) is 0 Å². The first-order valence-electron chi connectivity index (χ1n) is 6.68. The van der Waals surface area contributed by atoms with Gasteiger partial charge in [-0.25, -0.2) is 4.79 Å². The van der Waals surface area contributed by atoms with Gasteiger partial charge in [-0.15, -0.1) is 0 Å². The van der Waals surface area contributed by atoms with E-state index in [-0.39, 0.29) is 24.0 Å². The molecule has 1 aliphatic rings. The van der Waals surface area contributed by atoms with Crippen molar-refractivity contribution in [3.8, 4) is 0 Å². The van der Waals surface area contributed by atoms with Gasteiger partial charge in [-0.1, -0.05) is 0 Å². The number of carbonyl (C=O) groups excluding carboxylic acids is 2. The van der Waals surface area contributed by atoms with Crippen LogP contribution in [-0.4, -0.2) is 35.5 Å². The van der Waals surface area contributed by atoms with Crippen molar-refractivity contribution >= 4 is 23.3 Å². The summed E-state index contributed by atoms with van der Waals surface area (Å²) in [6.07, 6.45) is 0.355. The maximum atomic E-state index is 11.9. The summed E-state index contributed by atoms with van der Waals surface area (Å²) in [6.45, 7) is 4.50. The number of hydrogen-bond acceptors (Lipinski definition) is 3. The summed E-state index contributed by atoms with van der Waals surface area (Å²) in [4.78, 5) is 25.4. The molecule has 0 spiro atoms. The molecule has 0 saturated carbocycles. The molecule has 0 aliphatic carbocycles. The molecule has 0 aromatic heterocycles. The van der Waals surface area contributed by atoms with E-state index in [1.807, 2.05) is 13.8 Å². The van der Waals surface area contributed by atoms with Gasteiger partial charge in [-0.3, -0.25) is 4.79 Å². The van der Waals surface area contributed by atoms with Gasteiger partial charge < -0.3 is 21.3 Å². The number of likely N-dealkylation sites (tertiary alicyclic amines) is 1. The lowest BCUT2D eigenvalue weighted by Crippen LogP contribution is -2.40. The molecule has 1 aliphatic heterocycles. The highest BCUT2D eigenvalue weighted by Crippen LogP contribution is 2.15. The minimum atomic E-state index is -0.307. The van der Waals surface area contributed by atoms with Gasteiger partial charge in [-0.2, -0.15) is 0 Å². The van der Waals surface area contributed by atoms with Crippen LogP contribution in [0.15, 0.2) is 24.3 Å². The zero-order valence-electron chi connectivity index (χ0n) is 11.7. The molecule has 4 N–H and O–H groups in total. The van der Waals surface area contributed by atoms with Crippen LogP contribution in [0.2, 0.25) is 0 Å². The number of nitrogens with one attached hydrogen (secondary N) is 2. The van der Waals surface area contributed by atoms with Crippen LogP contribution in [-0.2, 0) is 4.79 Å². The monoisotopic (exact) mass is 276 g/mol. The second-order valence-electron chi connectivity index (χ2n) is 5.26. The number of amides is 3. The fourth-order valence-corrected chi connectivity index (χ4v) is 2.25. The molecule has 1 unspecified atom stereocenters. The van der Waals surface area contributed by atoms with Crippen molar-refractivity contribution in [2.75, 3.05) is 17.6 Å². The van der Waals surface area contributed by atoms with E-state index in [4.69, 9.17) is 5.73 Å². The smallest absolute Gasteiger partial charge is 0.319 e. The highest BCUT2D eigenvalue weighted by Gasteiger charge is 2.31. The lowest BCUT2D eigenvalue weighted by molar-refractivity contribution is -0.129. The van der Waals surface area contributed by atoms with E-state index in [1.165, 1.54) is 0 Å². The Morgan fingerprint density at radius 2 is 2.00 bits per heavy atom. The first kappa shape index (κ1) is 14.2. The van der Waals surface area contributed by atoms with Gasteiger partial charge in [0.05, 0.1) is 6.04 Å². The zero-order chi connectivity index (χ0) is 14.7. The quantitative estimate of drug-likeness (QED) is 0.729. The molecule has 1 aromatic rings. The molecule has 1 aromatic carbocycles. The summed E-state index contributed by atoms with van der Waals surface area (Å²) in [7, 11) is 0. The standard InChI is InChI=1S/C14H20N4O2/c1-9(2)18-8-12(7-13(18)19)17-14(20)16-11-5-3-10(15)4-6-11/h3-6,9,12H,7-8,15H2,1-2H3,(H2,16,17,20). The number of nitrogens with zero attached hydrogens (tertiary/aromatic N) is 1. The molecule has 1 saturated heterocycles. The molecule has 6 heteroatoms. The lowest BCUT2D eigenvalue weighted by atomic mass is 10.2. The van der Waals surface area contributed by atoms with E-state index < -0.39 is 0 Å². The Kier molecular flexibility index (Phi) is 4.12. The third-order valence-corrected chi connectivity index (χ3v) is 3.29. The topological polar surface area (TPSA) is 87.5 Å². The molecule has 20 heavy (non-hydrogen) atoms. The Morgan fingerprint density at radius 3 is 2.55 bits per heavy atom. The first-order valence-corrected chi connectivity index (χ1v) is 6.68. The van der Waals surface area contributed by atoms with Gasteiger partial charge in [0.25, 0.3) is 0 Å². The van der Waals surface area contributed by atoms with Gasteiger partial charge in [0.2, 0.25) is 5.91 Å². The van der Waals surface area contributed by atoms with Crippen LogP contribution < -0.4 is 16.4 Å². The number of carbonyl (C=O) groups is 2. The van der Waals surface area contributed by atoms with Crippen LogP contribution in [0.5, 0.6) is 0 Å². The second kappa shape index (κ2) is 5.81. The normalized spacial score (nSPS) is 18.4. The second-order valence-corrected chi connectivity index (χ2v) is 5.26. The average Bonchev–Trinajstić information content (AvgIpc) is 2.73. The Bertz CT molecular complexity index is 498. The van der Waals surface area contributed by atoms with E-state index in [1.54, 1.807) is 29.2 Å². The molecular weight excluding hydrogens is 256 g/mol. The predicted octanol–water partition coefficient (Wildman–Crippen LogP) is 1.40. The maximum absolute atomic E-state index is 11.9. The average molecular weight is 276 g/mol. The van der Waals surface area contributed by atoms with E-state index in [9.17, 15) is 9.59 Å². The molecule has 0 bridgehead atoms. The van der Waals surface area contributed by atoms with E-state index in [0.717, 1.165) is 0 Å². The zero-order valence-corrected chi connectivity index (χ0v) is 11.7. The molecule has 1 atom stereocenters. The van der Waals surface area contributed by atoms with E-state index >= 15 is 0 Å². The minimum Gasteiger partial charge on any atom is -0.399 e. The number of rotatable bonds is 3. The molecule has 1 heterocycles. The third kappa shape index (κ3) is 3.40. The maximum Gasteiger partial charge on any atom is 0.319 e. The number of anilines is 2. The molecule has 6 nitrogen and oxygen atoms in total. The number of benzene rings is 1. The molecule has 108 valence electrons.